The molecule has 2 saturated heterocycles. The monoisotopic (exact) mass is 412 g/mol. The van der Waals surface area contributed by atoms with E-state index in [4.69, 9.17) is 14.0 Å². The number of rotatable bonds is 4. The topological polar surface area (TPSA) is 52.9 Å². The summed E-state index contributed by atoms with van der Waals surface area (Å²) in [7, 11) is -0.446. The highest BCUT2D eigenvalue weighted by molar-refractivity contribution is 6.62. The fraction of sp³-hybridized carbons (Fsp3) is 0.609. The molecule has 2 fully saturated rings. The molecule has 0 radical (unpaired) electrons. The molecule has 0 saturated carbocycles. The van der Waals surface area contributed by atoms with Gasteiger partial charge in [0.05, 0.1) is 29.9 Å². The molecule has 0 spiro atoms. The Balaban J connectivity index is 1.78. The number of hydrogen-bond donors (Lipinski definition) is 0. The first-order valence-electron chi connectivity index (χ1n) is 10.9. The lowest BCUT2D eigenvalue weighted by molar-refractivity contribution is 0.00578. The summed E-state index contributed by atoms with van der Waals surface area (Å²) >= 11 is 0. The number of fused-ring (bicyclic) bond motifs is 1. The fourth-order valence-corrected chi connectivity index (χ4v) is 4.26. The smallest absolute Gasteiger partial charge is 0.399 e. The van der Waals surface area contributed by atoms with Crippen LogP contribution in [0.1, 0.15) is 53.3 Å². The van der Waals surface area contributed by atoms with Crippen LogP contribution >= 0.6 is 0 Å². The van der Waals surface area contributed by atoms with Crippen molar-refractivity contribution < 1.29 is 14.0 Å². The third-order valence-corrected chi connectivity index (χ3v) is 6.69. The number of hydrogen-bond acceptors (Lipinski definition) is 5. The van der Waals surface area contributed by atoms with Gasteiger partial charge in [0.1, 0.15) is 0 Å². The van der Waals surface area contributed by atoms with Gasteiger partial charge in [-0.15, -0.1) is 0 Å². The summed E-state index contributed by atoms with van der Waals surface area (Å²) in [5.74, 6) is 0. The van der Waals surface area contributed by atoms with Crippen LogP contribution in [0.5, 0.6) is 0 Å². The zero-order valence-corrected chi connectivity index (χ0v) is 19.0. The second-order valence-corrected chi connectivity index (χ2v) is 9.72. The number of nitrogens with zero attached hydrogens (tertiary/aromatic N) is 2. The lowest BCUT2D eigenvalue weighted by atomic mass is 9.78. The number of pyridine rings is 1. The third kappa shape index (κ3) is 3.84. The lowest BCUT2D eigenvalue weighted by Crippen LogP contribution is -2.41. The van der Waals surface area contributed by atoms with Crippen molar-refractivity contribution in [3.05, 3.63) is 40.2 Å². The first kappa shape index (κ1) is 21.6. The van der Waals surface area contributed by atoms with Gasteiger partial charge in [-0.05, 0) is 59.1 Å². The molecule has 0 aliphatic carbocycles. The predicted octanol–water partition coefficient (Wildman–Crippen LogP) is 2.71. The normalized spacial score (nSPS) is 21.6. The zero-order chi connectivity index (χ0) is 21.7. The van der Waals surface area contributed by atoms with Gasteiger partial charge in [0, 0.05) is 42.8 Å². The average Bonchev–Trinajstić information content (AvgIpc) is 2.89. The maximum Gasteiger partial charge on any atom is 0.494 e. The van der Waals surface area contributed by atoms with E-state index in [0.29, 0.717) is 0 Å². The van der Waals surface area contributed by atoms with Gasteiger partial charge in [-0.2, -0.15) is 0 Å². The van der Waals surface area contributed by atoms with Crippen LogP contribution in [0.2, 0.25) is 0 Å². The summed E-state index contributed by atoms with van der Waals surface area (Å²) in [5, 5.41) is 0.731. The maximum atomic E-state index is 12.9. The molecule has 162 valence electrons. The van der Waals surface area contributed by atoms with Crippen molar-refractivity contribution in [2.45, 2.75) is 65.3 Å². The van der Waals surface area contributed by atoms with Gasteiger partial charge in [-0.25, -0.2) is 0 Å². The Bertz CT molecular complexity index is 977. The van der Waals surface area contributed by atoms with E-state index in [1.165, 1.54) is 0 Å². The largest absolute Gasteiger partial charge is 0.494 e. The van der Waals surface area contributed by atoms with E-state index >= 15 is 0 Å². The standard InChI is InChI=1S/C23H33BN2O4/c1-16(2)26-18(15-25-9-11-28-12-10-25)14-21(27)19-8-7-17(13-20(19)26)24-29-22(3,4)23(5,6)30-24/h7-8,13-14,16H,9-12,15H2,1-6H3. The second-order valence-electron chi connectivity index (χ2n) is 9.72. The van der Waals surface area contributed by atoms with Crippen molar-refractivity contribution in [3.8, 4) is 0 Å². The minimum atomic E-state index is -0.446. The molecule has 4 rings (SSSR count). The average molecular weight is 412 g/mol. The quantitative estimate of drug-likeness (QED) is 0.723. The molecule has 0 N–H and O–H groups in total. The molecule has 1 aromatic carbocycles. The Hall–Kier alpha value is -1.67. The van der Waals surface area contributed by atoms with E-state index in [1.54, 1.807) is 6.07 Å². The summed E-state index contributed by atoms with van der Waals surface area (Å²) in [5.41, 5.74) is 2.18. The Labute approximate surface area is 179 Å². The minimum Gasteiger partial charge on any atom is -0.399 e. The highest BCUT2D eigenvalue weighted by Gasteiger charge is 2.51. The highest BCUT2D eigenvalue weighted by Crippen LogP contribution is 2.36. The fourth-order valence-electron chi connectivity index (χ4n) is 4.26. The molecule has 0 unspecified atom stereocenters. The minimum absolute atomic E-state index is 0.0608. The van der Waals surface area contributed by atoms with Gasteiger partial charge in [-0.1, -0.05) is 6.07 Å². The van der Waals surface area contributed by atoms with E-state index in [2.05, 4.69) is 57.1 Å². The number of aromatic nitrogens is 1. The van der Waals surface area contributed by atoms with Gasteiger partial charge in [0.15, 0.2) is 5.43 Å². The summed E-state index contributed by atoms with van der Waals surface area (Å²) in [4.78, 5) is 15.3. The molecule has 2 aliphatic heterocycles. The van der Waals surface area contributed by atoms with E-state index in [9.17, 15) is 4.79 Å². The number of morpholine rings is 1. The van der Waals surface area contributed by atoms with Crippen LogP contribution in [-0.4, -0.2) is 54.1 Å². The molecule has 1 aromatic heterocycles. The van der Waals surface area contributed by atoms with E-state index in [-0.39, 0.29) is 11.5 Å². The second kappa shape index (κ2) is 7.79. The van der Waals surface area contributed by atoms with Crippen LogP contribution < -0.4 is 10.9 Å². The van der Waals surface area contributed by atoms with Crippen molar-refractivity contribution in [1.82, 2.24) is 9.47 Å². The summed E-state index contributed by atoms with van der Waals surface area (Å²) in [6.07, 6.45) is 0. The molecule has 3 heterocycles. The van der Waals surface area contributed by atoms with Crippen LogP contribution in [0, 0.1) is 0 Å². The first-order chi connectivity index (χ1) is 14.1. The molecule has 2 aliphatic rings. The number of ether oxygens (including phenoxy) is 1. The van der Waals surface area contributed by atoms with Crippen molar-refractivity contribution >= 4 is 23.5 Å². The predicted molar refractivity (Wildman–Crippen MR) is 120 cm³/mol. The Morgan fingerprint density at radius 2 is 1.67 bits per heavy atom. The number of benzene rings is 1. The maximum absolute atomic E-state index is 12.9. The van der Waals surface area contributed by atoms with Crippen LogP contribution in [-0.2, 0) is 20.6 Å². The van der Waals surface area contributed by atoms with Gasteiger partial charge in [0.25, 0.3) is 0 Å². The van der Waals surface area contributed by atoms with Crippen molar-refractivity contribution in [2.24, 2.45) is 0 Å². The van der Waals surface area contributed by atoms with E-state index in [1.807, 2.05) is 12.1 Å². The summed E-state index contributed by atoms with van der Waals surface area (Å²) < 4.78 is 20.3. The first-order valence-corrected chi connectivity index (χ1v) is 10.9. The van der Waals surface area contributed by atoms with E-state index < -0.39 is 18.3 Å². The molecule has 0 atom stereocenters. The molecule has 0 bridgehead atoms. The Morgan fingerprint density at radius 3 is 2.27 bits per heavy atom. The van der Waals surface area contributed by atoms with Gasteiger partial charge in [0.2, 0.25) is 0 Å². The summed E-state index contributed by atoms with van der Waals surface area (Å²) in [6.45, 7) is 16.5. The molecular weight excluding hydrogens is 379 g/mol. The van der Waals surface area contributed by atoms with Gasteiger partial charge >= 0.3 is 7.12 Å². The van der Waals surface area contributed by atoms with Crippen LogP contribution in [0.25, 0.3) is 10.9 Å². The molecular formula is C23H33BN2O4. The van der Waals surface area contributed by atoms with Gasteiger partial charge in [-0.3, -0.25) is 9.69 Å². The molecule has 7 heteroatoms. The van der Waals surface area contributed by atoms with Crippen LogP contribution in [0.3, 0.4) is 0 Å². The molecule has 30 heavy (non-hydrogen) atoms. The zero-order valence-electron chi connectivity index (χ0n) is 19.0. The Morgan fingerprint density at radius 1 is 1.03 bits per heavy atom. The van der Waals surface area contributed by atoms with Crippen molar-refractivity contribution in [1.29, 1.82) is 0 Å². The molecule has 2 aromatic rings. The van der Waals surface area contributed by atoms with Gasteiger partial charge < -0.3 is 18.6 Å². The van der Waals surface area contributed by atoms with Crippen molar-refractivity contribution in [3.63, 3.8) is 0 Å². The SMILES string of the molecule is CC(C)n1c(CN2CCOCC2)cc(=O)c2ccc(B3OC(C)(C)C(C)(C)O3)cc21. The third-order valence-electron chi connectivity index (χ3n) is 6.69. The van der Waals surface area contributed by atoms with Crippen molar-refractivity contribution in [2.75, 3.05) is 26.3 Å². The van der Waals surface area contributed by atoms with E-state index in [0.717, 1.165) is 54.9 Å². The summed E-state index contributed by atoms with van der Waals surface area (Å²) in [6, 6.07) is 7.96. The lowest BCUT2D eigenvalue weighted by Gasteiger charge is -2.32. The molecule has 6 nitrogen and oxygen atoms in total. The van der Waals surface area contributed by atoms with Crippen LogP contribution in [0.4, 0.5) is 0 Å². The highest BCUT2D eigenvalue weighted by atomic mass is 16.7. The Kier molecular flexibility index (Phi) is 5.60. The molecule has 0 amide bonds. The van der Waals surface area contributed by atoms with Crippen LogP contribution in [0.15, 0.2) is 29.1 Å².